The van der Waals surface area contributed by atoms with Crippen molar-refractivity contribution in [3.05, 3.63) is 28.8 Å². The Kier molecular flexibility index (Phi) is 7.00. The molecule has 0 aliphatic carbocycles. The molecule has 1 rings (SSSR count). The van der Waals surface area contributed by atoms with E-state index in [9.17, 15) is 5.11 Å². The molecule has 120 valence electrons. The van der Waals surface area contributed by atoms with Gasteiger partial charge in [-0.1, -0.05) is 65.9 Å². The van der Waals surface area contributed by atoms with Gasteiger partial charge in [0, 0.05) is 6.42 Å². The van der Waals surface area contributed by atoms with Gasteiger partial charge in [0.15, 0.2) is 0 Å². The van der Waals surface area contributed by atoms with Crippen molar-refractivity contribution in [2.24, 2.45) is 11.7 Å². The third-order valence-electron chi connectivity index (χ3n) is 3.24. The van der Waals surface area contributed by atoms with Crippen molar-refractivity contribution in [1.29, 1.82) is 0 Å². The molecule has 0 unspecified atom stereocenters. The van der Waals surface area contributed by atoms with Gasteiger partial charge in [0.05, 0.1) is 0 Å². The van der Waals surface area contributed by atoms with Gasteiger partial charge >= 0.3 is 0 Å². The Bertz CT molecular complexity index is 461. The van der Waals surface area contributed by atoms with E-state index in [-0.39, 0.29) is 10.8 Å². The lowest BCUT2D eigenvalue weighted by Crippen LogP contribution is -2.18. The molecule has 21 heavy (non-hydrogen) atoms. The van der Waals surface area contributed by atoms with Gasteiger partial charge in [-0.2, -0.15) is 0 Å². The number of nitrogens with two attached hydrogens (primary N) is 2. The van der Waals surface area contributed by atoms with E-state index in [1.54, 1.807) is 0 Å². The molecule has 1 aromatic carbocycles. The van der Waals surface area contributed by atoms with Crippen LogP contribution in [0.3, 0.4) is 0 Å². The lowest BCUT2D eigenvalue weighted by molar-refractivity contribution is 0.423. The minimum absolute atomic E-state index is 0.0740. The smallest absolute Gasteiger partial charge is 0.123 e. The maximum atomic E-state index is 10.6. The van der Waals surface area contributed by atoms with Crippen LogP contribution in [0.5, 0.6) is 5.75 Å². The first-order chi connectivity index (χ1) is 9.43. The van der Waals surface area contributed by atoms with Crippen molar-refractivity contribution in [2.45, 2.75) is 65.7 Å². The summed E-state index contributed by atoms with van der Waals surface area (Å²) in [5.41, 5.74) is 3.06. The first-order valence-electron chi connectivity index (χ1n) is 7.12. The summed E-state index contributed by atoms with van der Waals surface area (Å²) < 4.78 is 0. The first kappa shape index (κ1) is 20.0. The summed E-state index contributed by atoms with van der Waals surface area (Å²) in [6.45, 7) is 14.7. The van der Waals surface area contributed by atoms with Gasteiger partial charge in [0.1, 0.15) is 5.75 Å². The van der Waals surface area contributed by atoms with Crippen molar-refractivity contribution in [3.8, 4) is 5.75 Å². The van der Waals surface area contributed by atoms with E-state index in [1.807, 2.05) is 6.92 Å². The van der Waals surface area contributed by atoms with Gasteiger partial charge in [0.25, 0.3) is 0 Å². The fourth-order valence-corrected chi connectivity index (χ4v) is 2.39. The fourth-order valence-electron chi connectivity index (χ4n) is 2.23. The molecule has 3 nitrogen and oxygen atoms in total. The Labute approximate surface area is 134 Å². The number of aromatic hydroxyl groups is 1. The van der Waals surface area contributed by atoms with Gasteiger partial charge in [-0.05, 0) is 39.3 Å². The zero-order chi connectivity index (χ0) is 17.0. The monoisotopic (exact) mass is 310 g/mol. The SMILES string of the molecule is CC(=S)Cc1cc(C(C)(C)C)c(O)c(C(C)(C)C)c1.NN. The largest absolute Gasteiger partial charge is 0.507 e. The van der Waals surface area contributed by atoms with Gasteiger partial charge in [-0.3, -0.25) is 11.7 Å². The molecule has 0 aromatic heterocycles. The third kappa shape index (κ3) is 5.73. The van der Waals surface area contributed by atoms with Gasteiger partial charge in [-0.25, -0.2) is 0 Å². The van der Waals surface area contributed by atoms with E-state index >= 15 is 0 Å². The molecule has 0 heterocycles. The molecule has 0 aliphatic heterocycles. The maximum absolute atomic E-state index is 10.6. The highest BCUT2D eigenvalue weighted by Gasteiger charge is 2.26. The molecule has 0 bridgehead atoms. The standard InChI is InChI=1S/C17H26OS.H4N2/c1-11(19)8-12-9-13(16(2,3)4)15(18)14(10-12)17(5,6)7;1-2/h9-10,18H,8H2,1-7H3;1-2H2. The lowest BCUT2D eigenvalue weighted by Gasteiger charge is -2.28. The topological polar surface area (TPSA) is 72.3 Å². The second-order valence-electron chi connectivity index (χ2n) is 7.42. The molecular weight excluding hydrogens is 280 g/mol. The van der Waals surface area contributed by atoms with Crippen LogP contribution in [0.4, 0.5) is 0 Å². The second kappa shape index (κ2) is 7.34. The third-order valence-corrected chi connectivity index (χ3v) is 3.38. The van der Waals surface area contributed by atoms with E-state index in [4.69, 9.17) is 12.2 Å². The average molecular weight is 311 g/mol. The molecular formula is C17H30N2OS. The molecule has 0 amide bonds. The van der Waals surface area contributed by atoms with Crippen molar-refractivity contribution in [3.63, 3.8) is 0 Å². The van der Waals surface area contributed by atoms with Crippen molar-refractivity contribution in [1.82, 2.24) is 0 Å². The van der Waals surface area contributed by atoms with Crippen molar-refractivity contribution < 1.29 is 5.11 Å². The number of thiocarbonyl (C=S) groups is 1. The summed E-state index contributed by atoms with van der Waals surface area (Å²) in [6.07, 6.45) is 0.793. The van der Waals surface area contributed by atoms with E-state index in [0.29, 0.717) is 5.75 Å². The molecule has 0 atom stereocenters. The number of benzene rings is 1. The minimum Gasteiger partial charge on any atom is -0.507 e. The van der Waals surface area contributed by atoms with Gasteiger partial charge < -0.3 is 5.11 Å². The number of rotatable bonds is 2. The molecule has 0 fully saturated rings. The van der Waals surface area contributed by atoms with Crippen molar-refractivity contribution in [2.75, 3.05) is 0 Å². The molecule has 0 aliphatic rings. The summed E-state index contributed by atoms with van der Waals surface area (Å²) >= 11 is 5.22. The van der Waals surface area contributed by atoms with E-state index in [1.165, 1.54) is 5.56 Å². The van der Waals surface area contributed by atoms with Crippen LogP contribution in [0.1, 0.15) is 65.2 Å². The Morgan fingerprint density at radius 1 is 1.00 bits per heavy atom. The number of phenolic OH excluding ortho intramolecular Hbond substituents is 1. The Hall–Kier alpha value is -0.970. The van der Waals surface area contributed by atoms with Crippen LogP contribution < -0.4 is 11.7 Å². The summed E-state index contributed by atoms with van der Waals surface area (Å²) in [6, 6.07) is 4.20. The van der Waals surface area contributed by atoms with E-state index < -0.39 is 0 Å². The van der Waals surface area contributed by atoms with Crippen molar-refractivity contribution >= 4 is 17.1 Å². The molecule has 0 spiro atoms. The zero-order valence-corrected chi connectivity index (χ0v) is 15.2. The highest BCUT2D eigenvalue weighted by Crippen LogP contribution is 2.39. The van der Waals surface area contributed by atoms with E-state index in [2.05, 4.69) is 65.4 Å². The molecule has 0 saturated carbocycles. The summed E-state index contributed by atoms with van der Waals surface area (Å²) in [5, 5.41) is 10.6. The molecule has 5 N–H and O–H groups in total. The quantitative estimate of drug-likeness (QED) is 0.442. The Morgan fingerprint density at radius 3 is 1.57 bits per heavy atom. The average Bonchev–Trinajstić information content (AvgIpc) is 2.30. The minimum atomic E-state index is -0.0740. The zero-order valence-electron chi connectivity index (χ0n) is 14.4. The highest BCUT2D eigenvalue weighted by molar-refractivity contribution is 7.80. The van der Waals surface area contributed by atoms with E-state index in [0.717, 1.165) is 22.4 Å². The number of hydrazine groups is 1. The predicted molar refractivity (Wildman–Crippen MR) is 95.9 cm³/mol. The van der Waals surface area contributed by atoms with Crippen LogP contribution in [0, 0.1) is 0 Å². The maximum Gasteiger partial charge on any atom is 0.123 e. The predicted octanol–water partition coefficient (Wildman–Crippen LogP) is 3.74. The van der Waals surface area contributed by atoms with Gasteiger partial charge in [0.2, 0.25) is 0 Å². The lowest BCUT2D eigenvalue weighted by atomic mass is 9.78. The Morgan fingerprint density at radius 2 is 1.33 bits per heavy atom. The highest BCUT2D eigenvalue weighted by atomic mass is 32.1. The van der Waals surface area contributed by atoms with Gasteiger partial charge in [-0.15, -0.1) is 0 Å². The number of phenols is 1. The van der Waals surface area contributed by atoms with Crippen LogP contribution in [-0.4, -0.2) is 9.97 Å². The van der Waals surface area contributed by atoms with Crippen LogP contribution in [-0.2, 0) is 17.3 Å². The summed E-state index contributed by atoms with van der Waals surface area (Å²) in [5.74, 6) is 8.44. The van der Waals surface area contributed by atoms with Crippen LogP contribution in [0.25, 0.3) is 0 Å². The second-order valence-corrected chi connectivity index (χ2v) is 8.12. The number of hydrogen-bond donors (Lipinski definition) is 3. The van der Waals surface area contributed by atoms with Crippen LogP contribution in [0.2, 0.25) is 0 Å². The van der Waals surface area contributed by atoms with Crippen LogP contribution in [0.15, 0.2) is 12.1 Å². The Balaban J connectivity index is 0.00000191. The summed E-state index contributed by atoms with van der Waals surface area (Å²) in [7, 11) is 0. The fraction of sp³-hybridized carbons (Fsp3) is 0.588. The normalized spacial score (nSPS) is 11.7. The summed E-state index contributed by atoms with van der Waals surface area (Å²) in [4.78, 5) is 0.977. The molecule has 0 saturated heterocycles. The number of hydrogen-bond acceptors (Lipinski definition) is 4. The van der Waals surface area contributed by atoms with Crippen LogP contribution >= 0.6 is 12.2 Å². The molecule has 1 aromatic rings. The first-order valence-corrected chi connectivity index (χ1v) is 7.53. The molecule has 0 radical (unpaired) electrons. The molecule has 4 heteroatoms.